The van der Waals surface area contributed by atoms with Gasteiger partial charge in [-0.1, -0.05) is 0 Å². The van der Waals surface area contributed by atoms with Gasteiger partial charge in [0.15, 0.2) is 0 Å². The Morgan fingerprint density at radius 1 is 1.00 bits per heavy atom. The van der Waals surface area contributed by atoms with Crippen molar-refractivity contribution in [2.24, 2.45) is 0 Å². The van der Waals surface area contributed by atoms with Crippen molar-refractivity contribution in [2.45, 2.75) is 9.79 Å². The molecule has 7 nitrogen and oxygen atoms in total. The van der Waals surface area contributed by atoms with E-state index in [0.717, 1.165) is 32.4 Å². The van der Waals surface area contributed by atoms with Crippen molar-refractivity contribution >= 4 is 25.9 Å². The molecule has 0 amide bonds. The van der Waals surface area contributed by atoms with Crippen LogP contribution >= 0.6 is 0 Å². The Hall–Kier alpha value is -1.16. The van der Waals surface area contributed by atoms with Gasteiger partial charge in [-0.05, 0) is 18.2 Å². The predicted molar refractivity (Wildman–Crippen MR) is 64.4 cm³/mol. The van der Waals surface area contributed by atoms with Crippen LogP contribution < -0.4 is 5.32 Å². The minimum atomic E-state index is -3.91. The van der Waals surface area contributed by atoms with Gasteiger partial charge in [0.1, 0.15) is 4.90 Å². The summed E-state index contributed by atoms with van der Waals surface area (Å²) in [5, 5.41) is 2.59. The maximum absolute atomic E-state index is 11.6. The van der Waals surface area contributed by atoms with E-state index < -0.39 is 20.2 Å². The highest BCUT2D eigenvalue weighted by Crippen LogP contribution is 2.26. The largest absolute Gasteiger partial charge is 0.387 e. The average molecular weight is 295 g/mol. The standard InChI is InChI=1S/C9H13NO6S2/c1-10-8-6-7(17(11,12)15-2)4-5-9(8)18(13,14)16-3/h4-6,10H,1-3H3. The highest BCUT2D eigenvalue weighted by atomic mass is 32.2. The molecule has 0 unspecified atom stereocenters. The second-order valence-electron chi connectivity index (χ2n) is 3.15. The van der Waals surface area contributed by atoms with Crippen LogP contribution in [0.3, 0.4) is 0 Å². The van der Waals surface area contributed by atoms with Gasteiger partial charge in [0, 0.05) is 7.05 Å². The molecule has 0 bridgehead atoms. The van der Waals surface area contributed by atoms with Crippen molar-refractivity contribution in [1.82, 2.24) is 0 Å². The van der Waals surface area contributed by atoms with Gasteiger partial charge in [0.25, 0.3) is 20.2 Å². The van der Waals surface area contributed by atoms with E-state index >= 15 is 0 Å². The van der Waals surface area contributed by atoms with Crippen molar-refractivity contribution in [3.8, 4) is 0 Å². The van der Waals surface area contributed by atoms with Gasteiger partial charge in [-0.25, -0.2) is 0 Å². The lowest BCUT2D eigenvalue weighted by atomic mass is 10.3. The minimum Gasteiger partial charge on any atom is -0.387 e. The molecule has 1 aromatic carbocycles. The zero-order valence-corrected chi connectivity index (χ0v) is 11.6. The Morgan fingerprint density at radius 2 is 1.56 bits per heavy atom. The first-order chi connectivity index (χ1) is 8.28. The molecule has 1 aromatic rings. The number of hydrogen-bond acceptors (Lipinski definition) is 7. The van der Waals surface area contributed by atoms with Crippen LogP contribution in [0.1, 0.15) is 0 Å². The molecule has 0 aliphatic carbocycles. The fourth-order valence-electron chi connectivity index (χ4n) is 1.26. The summed E-state index contributed by atoms with van der Waals surface area (Å²) in [4.78, 5) is -0.299. The van der Waals surface area contributed by atoms with Crippen LogP contribution in [-0.4, -0.2) is 38.1 Å². The maximum Gasteiger partial charge on any atom is 0.298 e. The summed E-state index contributed by atoms with van der Waals surface area (Å²) >= 11 is 0. The summed E-state index contributed by atoms with van der Waals surface area (Å²) in [6, 6.07) is 3.42. The zero-order valence-electron chi connectivity index (χ0n) is 10.00. The summed E-state index contributed by atoms with van der Waals surface area (Å²) in [6.45, 7) is 0. The zero-order chi connectivity index (χ0) is 14.0. The van der Waals surface area contributed by atoms with Gasteiger partial charge >= 0.3 is 0 Å². The van der Waals surface area contributed by atoms with Crippen LogP contribution in [0.4, 0.5) is 5.69 Å². The molecule has 18 heavy (non-hydrogen) atoms. The Morgan fingerprint density at radius 3 is 2.00 bits per heavy atom. The van der Waals surface area contributed by atoms with E-state index in [1.165, 1.54) is 7.05 Å². The van der Waals surface area contributed by atoms with Crippen molar-refractivity contribution in [1.29, 1.82) is 0 Å². The molecule has 0 atom stereocenters. The number of anilines is 1. The molecular formula is C9H13NO6S2. The van der Waals surface area contributed by atoms with Crippen LogP contribution in [-0.2, 0) is 28.6 Å². The highest BCUT2D eigenvalue weighted by Gasteiger charge is 2.21. The fraction of sp³-hybridized carbons (Fsp3) is 0.333. The number of hydrogen-bond donors (Lipinski definition) is 1. The van der Waals surface area contributed by atoms with E-state index in [1.54, 1.807) is 0 Å². The Balaban J connectivity index is 3.47. The number of benzene rings is 1. The second-order valence-corrected chi connectivity index (χ2v) is 6.54. The van der Waals surface area contributed by atoms with E-state index in [0.29, 0.717) is 0 Å². The summed E-state index contributed by atoms with van der Waals surface area (Å²) in [6.07, 6.45) is 0. The molecule has 102 valence electrons. The van der Waals surface area contributed by atoms with Gasteiger partial charge < -0.3 is 5.32 Å². The number of rotatable bonds is 5. The molecule has 0 fully saturated rings. The Bertz CT molecular complexity index is 635. The van der Waals surface area contributed by atoms with E-state index in [-0.39, 0.29) is 15.5 Å². The first kappa shape index (κ1) is 14.9. The molecular weight excluding hydrogens is 282 g/mol. The van der Waals surface area contributed by atoms with Gasteiger partial charge in [0.2, 0.25) is 0 Å². The predicted octanol–water partition coefficient (Wildman–Crippen LogP) is 0.398. The molecule has 1 rings (SSSR count). The molecule has 0 saturated carbocycles. The SMILES string of the molecule is CNc1cc(S(=O)(=O)OC)ccc1S(=O)(=O)OC. The average Bonchev–Trinajstić information content (AvgIpc) is 2.37. The molecule has 0 heterocycles. The van der Waals surface area contributed by atoms with E-state index in [2.05, 4.69) is 13.7 Å². The van der Waals surface area contributed by atoms with Crippen LogP contribution in [0.2, 0.25) is 0 Å². The first-order valence-corrected chi connectivity index (χ1v) is 7.53. The Labute approximate surface area is 106 Å². The lowest BCUT2D eigenvalue weighted by Gasteiger charge is -2.10. The molecule has 0 spiro atoms. The third kappa shape index (κ3) is 2.80. The molecule has 0 saturated heterocycles. The van der Waals surface area contributed by atoms with Gasteiger partial charge in [-0.15, -0.1) is 0 Å². The van der Waals surface area contributed by atoms with Gasteiger partial charge in [-0.3, -0.25) is 8.37 Å². The molecule has 0 aliphatic heterocycles. The topological polar surface area (TPSA) is 98.8 Å². The fourth-order valence-corrected chi connectivity index (χ4v) is 2.80. The molecule has 0 aliphatic rings. The van der Waals surface area contributed by atoms with E-state index in [4.69, 9.17) is 0 Å². The monoisotopic (exact) mass is 295 g/mol. The maximum atomic E-state index is 11.6. The van der Waals surface area contributed by atoms with Crippen LogP contribution in [0.15, 0.2) is 28.0 Å². The summed E-state index contributed by atoms with van der Waals surface area (Å²) in [7, 11) is -4.27. The van der Waals surface area contributed by atoms with Crippen LogP contribution in [0, 0.1) is 0 Å². The Kier molecular flexibility index (Phi) is 4.32. The quantitative estimate of drug-likeness (QED) is 0.785. The summed E-state index contributed by atoms with van der Waals surface area (Å²) in [5.41, 5.74) is 0.106. The van der Waals surface area contributed by atoms with E-state index in [1.807, 2.05) is 0 Å². The third-order valence-electron chi connectivity index (χ3n) is 2.22. The number of nitrogens with one attached hydrogen (secondary N) is 1. The van der Waals surface area contributed by atoms with Crippen LogP contribution in [0.25, 0.3) is 0 Å². The van der Waals surface area contributed by atoms with E-state index in [9.17, 15) is 16.8 Å². The summed E-state index contributed by atoms with van der Waals surface area (Å²) in [5.74, 6) is 0. The molecule has 0 aromatic heterocycles. The lowest BCUT2D eigenvalue weighted by Crippen LogP contribution is -2.09. The van der Waals surface area contributed by atoms with Crippen molar-refractivity contribution in [3.63, 3.8) is 0 Å². The first-order valence-electron chi connectivity index (χ1n) is 4.71. The highest BCUT2D eigenvalue weighted by molar-refractivity contribution is 7.87. The van der Waals surface area contributed by atoms with Crippen molar-refractivity contribution in [2.75, 3.05) is 26.6 Å². The van der Waals surface area contributed by atoms with Gasteiger partial charge in [0.05, 0.1) is 24.8 Å². The minimum absolute atomic E-state index is 0.106. The van der Waals surface area contributed by atoms with Crippen molar-refractivity contribution in [3.05, 3.63) is 18.2 Å². The van der Waals surface area contributed by atoms with Gasteiger partial charge in [-0.2, -0.15) is 16.8 Å². The third-order valence-corrected chi connectivity index (χ3v) is 4.82. The van der Waals surface area contributed by atoms with Crippen molar-refractivity contribution < 1.29 is 25.2 Å². The molecule has 9 heteroatoms. The molecule has 0 radical (unpaired) electrons. The molecule has 1 N–H and O–H groups in total. The summed E-state index contributed by atoms with van der Waals surface area (Å²) < 4.78 is 54.8. The normalized spacial score (nSPS) is 12.4. The smallest absolute Gasteiger partial charge is 0.298 e. The lowest BCUT2D eigenvalue weighted by molar-refractivity contribution is 0.395. The second kappa shape index (κ2) is 5.22. The van der Waals surface area contributed by atoms with Crippen LogP contribution in [0.5, 0.6) is 0 Å².